The summed E-state index contributed by atoms with van der Waals surface area (Å²) in [6, 6.07) is 7.68. The van der Waals surface area contributed by atoms with Crippen molar-refractivity contribution in [3.05, 3.63) is 29.8 Å². The van der Waals surface area contributed by atoms with Gasteiger partial charge in [0.15, 0.2) is 0 Å². The summed E-state index contributed by atoms with van der Waals surface area (Å²) in [6.07, 6.45) is 0. The van der Waals surface area contributed by atoms with Gasteiger partial charge in [0.25, 0.3) is 0 Å². The number of aryl methyl sites for hydroxylation is 1. The second kappa shape index (κ2) is 9.93. The molecule has 0 spiro atoms. The van der Waals surface area contributed by atoms with Gasteiger partial charge in [0, 0.05) is 25.3 Å². The first kappa shape index (κ1) is 20.0. The highest BCUT2D eigenvalue weighted by Crippen LogP contribution is 2.14. The van der Waals surface area contributed by atoms with Gasteiger partial charge < -0.3 is 21.3 Å². The molecule has 0 fully saturated rings. The minimum atomic E-state index is -0.588. The van der Waals surface area contributed by atoms with Gasteiger partial charge in [-0.2, -0.15) is 0 Å². The standard InChI is InChI=1S/C18H30N4O2/c1-5-22(15-8-6-7-14(4)11-15)10-9-20-16(23)12-21-18(24)17(19)13(2)3/h6-8,11,13,17H,5,9-10,12,19H2,1-4H3,(H,20,23)(H,21,24)/t17-/m0/s1. The Morgan fingerprint density at radius 3 is 2.54 bits per heavy atom. The van der Waals surface area contributed by atoms with Gasteiger partial charge in [-0.1, -0.05) is 26.0 Å². The lowest BCUT2D eigenvalue weighted by Crippen LogP contribution is -2.47. The Hall–Kier alpha value is -2.08. The molecule has 0 aliphatic carbocycles. The second-order valence-corrected chi connectivity index (χ2v) is 6.26. The molecular weight excluding hydrogens is 304 g/mol. The molecule has 6 nitrogen and oxygen atoms in total. The fourth-order valence-corrected chi connectivity index (χ4v) is 2.28. The first-order valence-corrected chi connectivity index (χ1v) is 8.46. The van der Waals surface area contributed by atoms with Gasteiger partial charge in [0.2, 0.25) is 11.8 Å². The molecular formula is C18H30N4O2. The average molecular weight is 334 g/mol. The molecule has 0 aliphatic rings. The molecule has 0 bridgehead atoms. The van der Waals surface area contributed by atoms with Crippen LogP contribution in [0.1, 0.15) is 26.3 Å². The van der Waals surface area contributed by atoms with Crippen molar-refractivity contribution in [1.29, 1.82) is 0 Å². The van der Waals surface area contributed by atoms with Crippen LogP contribution in [-0.4, -0.2) is 44.0 Å². The van der Waals surface area contributed by atoms with Crippen molar-refractivity contribution in [3.63, 3.8) is 0 Å². The Balaban J connectivity index is 2.35. The number of likely N-dealkylation sites (N-methyl/N-ethyl adjacent to an activating group) is 1. The molecule has 1 aromatic carbocycles. The number of anilines is 1. The number of benzene rings is 1. The van der Waals surface area contributed by atoms with E-state index in [0.717, 1.165) is 12.2 Å². The van der Waals surface area contributed by atoms with E-state index in [1.807, 2.05) is 19.9 Å². The lowest BCUT2D eigenvalue weighted by Gasteiger charge is -2.23. The number of nitrogens with zero attached hydrogens (tertiary/aromatic N) is 1. The predicted octanol–water partition coefficient (Wildman–Crippen LogP) is 1.04. The largest absolute Gasteiger partial charge is 0.370 e. The van der Waals surface area contributed by atoms with Gasteiger partial charge in [-0.05, 0) is 37.5 Å². The summed E-state index contributed by atoms with van der Waals surface area (Å²) in [6.45, 7) is 9.93. The van der Waals surface area contributed by atoms with Crippen LogP contribution in [-0.2, 0) is 9.59 Å². The first-order valence-electron chi connectivity index (χ1n) is 8.46. The van der Waals surface area contributed by atoms with Crippen LogP contribution in [0.15, 0.2) is 24.3 Å². The third kappa shape index (κ3) is 6.58. The second-order valence-electron chi connectivity index (χ2n) is 6.26. The summed E-state index contributed by atoms with van der Waals surface area (Å²) in [5.74, 6) is -0.463. The topological polar surface area (TPSA) is 87.5 Å². The van der Waals surface area contributed by atoms with Gasteiger partial charge in [-0.15, -0.1) is 0 Å². The van der Waals surface area contributed by atoms with E-state index in [0.29, 0.717) is 13.1 Å². The van der Waals surface area contributed by atoms with Crippen LogP contribution in [0.4, 0.5) is 5.69 Å². The van der Waals surface area contributed by atoms with Crippen molar-refractivity contribution in [2.75, 3.05) is 31.1 Å². The Kier molecular flexibility index (Phi) is 8.26. The number of nitrogens with two attached hydrogens (primary N) is 1. The maximum atomic E-state index is 11.8. The molecule has 0 saturated carbocycles. The monoisotopic (exact) mass is 334 g/mol. The summed E-state index contributed by atoms with van der Waals surface area (Å²) in [5.41, 5.74) is 8.08. The quantitative estimate of drug-likeness (QED) is 0.630. The summed E-state index contributed by atoms with van der Waals surface area (Å²) >= 11 is 0. The SMILES string of the molecule is CCN(CCNC(=O)CNC(=O)[C@@H](N)C(C)C)c1cccc(C)c1. The number of rotatable bonds is 9. The summed E-state index contributed by atoms with van der Waals surface area (Å²) < 4.78 is 0. The number of hydrogen-bond donors (Lipinski definition) is 3. The molecule has 0 unspecified atom stereocenters. The van der Waals surface area contributed by atoms with Crippen LogP contribution in [0, 0.1) is 12.8 Å². The van der Waals surface area contributed by atoms with Crippen molar-refractivity contribution in [2.24, 2.45) is 11.7 Å². The molecule has 0 aromatic heterocycles. The molecule has 0 saturated heterocycles. The zero-order valence-electron chi connectivity index (χ0n) is 15.1. The number of amides is 2. The van der Waals surface area contributed by atoms with Crippen molar-refractivity contribution in [1.82, 2.24) is 10.6 Å². The lowest BCUT2D eigenvalue weighted by molar-refractivity contribution is -0.127. The molecule has 0 aliphatic heterocycles. The Labute approximate surface area is 144 Å². The van der Waals surface area contributed by atoms with Crippen molar-refractivity contribution in [2.45, 2.75) is 33.7 Å². The highest BCUT2D eigenvalue weighted by atomic mass is 16.2. The minimum absolute atomic E-state index is 0.0421. The predicted molar refractivity (Wildman–Crippen MR) is 97.9 cm³/mol. The maximum absolute atomic E-state index is 11.8. The first-order chi connectivity index (χ1) is 11.3. The van der Waals surface area contributed by atoms with Gasteiger partial charge in [0.1, 0.15) is 0 Å². The highest BCUT2D eigenvalue weighted by molar-refractivity contribution is 5.87. The Bertz CT molecular complexity index is 546. The van der Waals surface area contributed by atoms with Crippen molar-refractivity contribution < 1.29 is 9.59 Å². The van der Waals surface area contributed by atoms with E-state index in [-0.39, 0.29) is 24.3 Å². The summed E-state index contributed by atoms with van der Waals surface area (Å²) in [4.78, 5) is 25.7. The molecule has 6 heteroatoms. The van der Waals surface area contributed by atoms with E-state index >= 15 is 0 Å². The van der Waals surface area contributed by atoms with E-state index in [4.69, 9.17) is 5.73 Å². The highest BCUT2D eigenvalue weighted by Gasteiger charge is 2.17. The molecule has 0 heterocycles. The van der Waals surface area contributed by atoms with Crippen LogP contribution in [0.2, 0.25) is 0 Å². The van der Waals surface area contributed by atoms with Crippen LogP contribution in [0.25, 0.3) is 0 Å². The molecule has 0 radical (unpaired) electrons. The molecule has 2 amide bonds. The van der Waals surface area contributed by atoms with Gasteiger partial charge in [-0.25, -0.2) is 0 Å². The zero-order chi connectivity index (χ0) is 18.1. The third-order valence-corrected chi connectivity index (χ3v) is 3.90. The minimum Gasteiger partial charge on any atom is -0.370 e. The maximum Gasteiger partial charge on any atom is 0.239 e. The van der Waals surface area contributed by atoms with E-state index in [1.54, 1.807) is 0 Å². The van der Waals surface area contributed by atoms with Gasteiger partial charge in [0.05, 0.1) is 12.6 Å². The third-order valence-electron chi connectivity index (χ3n) is 3.90. The molecule has 24 heavy (non-hydrogen) atoms. The fourth-order valence-electron chi connectivity index (χ4n) is 2.28. The number of carbonyl (C=O) groups is 2. The number of hydrogen-bond acceptors (Lipinski definition) is 4. The molecule has 1 rings (SSSR count). The molecule has 134 valence electrons. The average Bonchev–Trinajstić information content (AvgIpc) is 2.55. The lowest BCUT2D eigenvalue weighted by atomic mass is 10.1. The van der Waals surface area contributed by atoms with Crippen LogP contribution >= 0.6 is 0 Å². The van der Waals surface area contributed by atoms with E-state index in [2.05, 4.69) is 47.6 Å². The Morgan fingerprint density at radius 1 is 1.25 bits per heavy atom. The fraction of sp³-hybridized carbons (Fsp3) is 0.556. The number of nitrogens with one attached hydrogen (secondary N) is 2. The Morgan fingerprint density at radius 2 is 1.96 bits per heavy atom. The van der Waals surface area contributed by atoms with E-state index in [9.17, 15) is 9.59 Å². The molecule has 4 N–H and O–H groups in total. The molecule has 1 atom stereocenters. The molecule has 1 aromatic rings. The zero-order valence-corrected chi connectivity index (χ0v) is 15.1. The van der Waals surface area contributed by atoms with Crippen LogP contribution < -0.4 is 21.3 Å². The van der Waals surface area contributed by atoms with Gasteiger partial charge in [-0.3, -0.25) is 9.59 Å². The van der Waals surface area contributed by atoms with Crippen molar-refractivity contribution in [3.8, 4) is 0 Å². The van der Waals surface area contributed by atoms with Crippen molar-refractivity contribution >= 4 is 17.5 Å². The smallest absolute Gasteiger partial charge is 0.239 e. The normalized spacial score (nSPS) is 11.9. The van der Waals surface area contributed by atoms with E-state index < -0.39 is 6.04 Å². The van der Waals surface area contributed by atoms with Gasteiger partial charge >= 0.3 is 0 Å². The van der Waals surface area contributed by atoms with Crippen LogP contribution in [0.5, 0.6) is 0 Å². The van der Waals surface area contributed by atoms with E-state index in [1.165, 1.54) is 5.56 Å². The van der Waals surface area contributed by atoms with Crippen LogP contribution in [0.3, 0.4) is 0 Å². The number of carbonyl (C=O) groups excluding carboxylic acids is 2. The summed E-state index contributed by atoms with van der Waals surface area (Å²) in [5, 5.41) is 5.38. The summed E-state index contributed by atoms with van der Waals surface area (Å²) in [7, 11) is 0.